The van der Waals surface area contributed by atoms with E-state index in [4.69, 9.17) is 0 Å². The maximum absolute atomic E-state index is 11.5. The number of hydrogen-bond acceptors (Lipinski definition) is 4. The Balaban J connectivity index is 3.70. The van der Waals surface area contributed by atoms with E-state index in [0.717, 1.165) is 19.5 Å². The minimum absolute atomic E-state index is 0.222. The number of imide groups is 1. The summed E-state index contributed by atoms with van der Waals surface area (Å²) in [6.07, 6.45) is 0.906. The smallest absolute Gasteiger partial charge is 0.321 e. The van der Waals surface area contributed by atoms with Gasteiger partial charge in [-0.15, -0.1) is 0 Å². The molecule has 0 fully saturated rings. The summed E-state index contributed by atoms with van der Waals surface area (Å²) in [5, 5.41) is 7.97. The predicted octanol–water partition coefficient (Wildman–Crippen LogP) is 0.00950. The van der Waals surface area contributed by atoms with Crippen LogP contribution in [0.25, 0.3) is 0 Å². The summed E-state index contributed by atoms with van der Waals surface area (Å²) in [5.74, 6) is 0.254. The van der Waals surface area contributed by atoms with Crippen molar-refractivity contribution in [2.75, 3.05) is 40.3 Å². The highest BCUT2D eigenvalue weighted by molar-refractivity contribution is 5.95. The zero-order valence-electron chi connectivity index (χ0n) is 11.9. The Morgan fingerprint density at radius 2 is 1.89 bits per heavy atom. The molecule has 0 atom stereocenters. The molecule has 0 aromatic rings. The van der Waals surface area contributed by atoms with Crippen molar-refractivity contribution in [1.82, 2.24) is 20.9 Å². The number of nitrogens with zero attached hydrogens (tertiary/aromatic N) is 1. The third-order valence-electron chi connectivity index (χ3n) is 2.42. The molecule has 0 aliphatic rings. The Hall–Kier alpha value is -1.14. The van der Waals surface area contributed by atoms with Crippen LogP contribution in [0.4, 0.5) is 4.79 Å². The average Bonchev–Trinajstić information content (AvgIpc) is 2.25. The van der Waals surface area contributed by atoms with Crippen molar-refractivity contribution in [3.63, 3.8) is 0 Å². The zero-order chi connectivity index (χ0) is 14.0. The quantitative estimate of drug-likeness (QED) is 0.573. The lowest BCUT2D eigenvalue weighted by Crippen LogP contribution is -2.44. The van der Waals surface area contributed by atoms with Crippen LogP contribution < -0.4 is 16.0 Å². The monoisotopic (exact) mass is 258 g/mol. The molecule has 0 aromatic heterocycles. The van der Waals surface area contributed by atoms with Gasteiger partial charge in [-0.05, 0) is 26.4 Å². The van der Waals surface area contributed by atoms with Crippen LogP contribution in [-0.2, 0) is 4.79 Å². The fraction of sp³-hybridized carbons (Fsp3) is 0.833. The van der Waals surface area contributed by atoms with Gasteiger partial charge in [-0.1, -0.05) is 13.8 Å². The molecule has 0 radical (unpaired) electrons. The molecule has 0 aliphatic heterocycles. The molecule has 6 nitrogen and oxygen atoms in total. The van der Waals surface area contributed by atoms with Gasteiger partial charge in [0.25, 0.3) is 0 Å². The standard InChI is InChI=1S/C12H26N4O2/c1-10(2)5-6-14-12(18)15-11(17)9-16(4)8-7-13-3/h10,13H,5-9H2,1-4H3,(H2,14,15,17,18). The van der Waals surface area contributed by atoms with E-state index in [-0.39, 0.29) is 12.5 Å². The minimum atomic E-state index is -0.414. The van der Waals surface area contributed by atoms with Gasteiger partial charge in [0, 0.05) is 19.6 Å². The first-order valence-corrected chi connectivity index (χ1v) is 6.36. The second kappa shape index (κ2) is 9.85. The fourth-order valence-electron chi connectivity index (χ4n) is 1.31. The number of urea groups is 1. The van der Waals surface area contributed by atoms with Crippen LogP contribution >= 0.6 is 0 Å². The van der Waals surface area contributed by atoms with Crippen LogP contribution in [0.1, 0.15) is 20.3 Å². The third kappa shape index (κ3) is 10.0. The molecule has 0 unspecified atom stereocenters. The van der Waals surface area contributed by atoms with Crippen molar-refractivity contribution in [1.29, 1.82) is 0 Å². The molecular weight excluding hydrogens is 232 g/mol. The molecule has 3 N–H and O–H groups in total. The first kappa shape index (κ1) is 16.9. The predicted molar refractivity (Wildman–Crippen MR) is 72.4 cm³/mol. The normalized spacial score (nSPS) is 10.8. The Morgan fingerprint density at radius 3 is 2.44 bits per heavy atom. The van der Waals surface area contributed by atoms with Crippen molar-refractivity contribution in [2.24, 2.45) is 5.92 Å². The molecule has 0 bridgehead atoms. The number of hydrogen-bond donors (Lipinski definition) is 3. The highest BCUT2D eigenvalue weighted by Gasteiger charge is 2.09. The van der Waals surface area contributed by atoms with Gasteiger partial charge in [-0.2, -0.15) is 0 Å². The van der Waals surface area contributed by atoms with Crippen LogP contribution in [0.5, 0.6) is 0 Å². The Morgan fingerprint density at radius 1 is 1.22 bits per heavy atom. The first-order valence-electron chi connectivity index (χ1n) is 6.36. The lowest BCUT2D eigenvalue weighted by Gasteiger charge is -2.15. The molecule has 6 heteroatoms. The molecule has 0 saturated carbocycles. The SMILES string of the molecule is CNCCN(C)CC(=O)NC(=O)NCCC(C)C. The maximum Gasteiger partial charge on any atom is 0.321 e. The van der Waals surface area contributed by atoms with E-state index in [0.29, 0.717) is 12.5 Å². The minimum Gasteiger partial charge on any atom is -0.338 e. The van der Waals surface area contributed by atoms with Gasteiger partial charge < -0.3 is 10.6 Å². The molecule has 0 rings (SSSR count). The van der Waals surface area contributed by atoms with Gasteiger partial charge in [-0.25, -0.2) is 4.79 Å². The van der Waals surface area contributed by atoms with Gasteiger partial charge in [0.1, 0.15) is 0 Å². The second-order valence-corrected chi connectivity index (χ2v) is 4.83. The zero-order valence-corrected chi connectivity index (χ0v) is 11.9. The van der Waals surface area contributed by atoms with Crippen LogP contribution in [0.15, 0.2) is 0 Å². The topological polar surface area (TPSA) is 73.5 Å². The molecule has 106 valence electrons. The van der Waals surface area contributed by atoms with Gasteiger partial charge in [-0.3, -0.25) is 15.0 Å². The van der Waals surface area contributed by atoms with Crippen molar-refractivity contribution in [3.05, 3.63) is 0 Å². The molecule has 3 amide bonds. The number of amides is 3. The Labute approximate surface area is 109 Å². The summed E-state index contributed by atoms with van der Waals surface area (Å²) in [4.78, 5) is 24.7. The molecule has 0 aliphatic carbocycles. The highest BCUT2D eigenvalue weighted by Crippen LogP contribution is 1.95. The van der Waals surface area contributed by atoms with E-state index in [2.05, 4.69) is 29.8 Å². The van der Waals surface area contributed by atoms with E-state index in [9.17, 15) is 9.59 Å². The molecular formula is C12H26N4O2. The summed E-state index contributed by atoms with van der Waals surface area (Å²) in [5.41, 5.74) is 0. The van der Waals surface area contributed by atoms with Crippen molar-refractivity contribution < 1.29 is 9.59 Å². The van der Waals surface area contributed by atoms with Crippen molar-refractivity contribution >= 4 is 11.9 Å². The Kier molecular flexibility index (Phi) is 9.22. The maximum atomic E-state index is 11.5. The molecule has 0 heterocycles. The van der Waals surface area contributed by atoms with E-state index in [1.54, 1.807) is 0 Å². The fourth-order valence-corrected chi connectivity index (χ4v) is 1.31. The van der Waals surface area contributed by atoms with E-state index < -0.39 is 6.03 Å². The average molecular weight is 258 g/mol. The van der Waals surface area contributed by atoms with Crippen molar-refractivity contribution in [2.45, 2.75) is 20.3 Å². The molecule has 18 heavy (non-hydrogen) atoms. The van der Waals surface area contributed by atoms with Gasteiger partial charge in [0.05, 0.1) is 6.54 Å². The summed E-state index contributed by atoms with van der Waals surface area (Å²) in [6.45, 7) is 6.55. The number of rotatable bonds is 8. The molecule has 0 aromatic carbocycles. The summed E-state index contributed by atoms with van der Waals surface area (Å²) >= 11 is 0. The molecule has 0 saturated heterocycles. The lowest BCUT2D eigenvalue weighted by molar-refractivity contribution is -0.120. The summed E-state index contributed by atoms with van der Waals surface area (Å²) < 4.78 is 0. The van der Waals surface area contributed by atoms with Gasteiger partial charge >= 0.3 is 6.03 Å². The lowest BCUT2D eigenvalue weighted by atomic mass is 10.1. The van der Waals surface area contributed by atoms with Crippen LogP contribution in [0.3, 0.4) is 0 Å². The number of carbonyl (C=O) groups excluding carboxylic acids is 2. The van der Waals surface area contributed by atoms with Crippen LogP contribution in [0, 0.1) is 5.92 Å². The van der Waals surface area contributed by atoms with Gasteiger partial charge in [0.2, 0.25) is 5.91 Å². The number of likely N-dealkylation sites (N-methyl/N-ethyl adjacent to an activating group) is 2. The number of carbonyl (C=O) groups is 2. The second-order valence-electron chi connectivity index (χ2n) is 4.83. The summed E-state index contributed by atoms with van der Waals surface area (Å²) in [6, 6.07) is -0.414. The molecule has 0 spiro atoms. The largest absolute Gasteiger partial charge is 0.338 e. The Bertz CT molecular complexity index is 256. The first-order chi connectivity index (χ1) is 8.45. The van der Waals surface area contributed by atoms with E-state index in [1.165, 1.54) is 0 Å². The summed E-state index contributed by atoms with van der Waals surface area (Å²) in [7, 11) is 3.70. The number of nitrogens with one attached hydrogen (secondary N) is 3. The third-order valence-corrected chi connectivity index (χ3v) is 2.42. The van der Waals surface area contributed by atoms with E-state index in [1.807, 2.05) is 19.0 Å². The highest BCUT2D eigenvalue weighted by atomic mass is 16.2. The van der Waals surface area contributed by atoms with Gasteiger partial charge in [0.15, 0.2) is 0 Å². The van der Waals surface area contributed by atoms with Crippen molar-refractivity contribution in [3.8, 4) is 0 Å². The van der Waals surface area contributed by atoms with Crippen LogP contribution in [-0.4, -0.2) is 57.1 Å². The van der Waals surface area contributed by atoms with Crippen LogP contribution in [0.2, 0.25) is 0 Å². The van der Waals surface area contributed by atoms with E-state index >= 15 is 0 Å².